The number of ether oxygens (including phenoxy) is 1. The second-order valence-electron chi connectivity index (χ2n) is 9.21. The highest BCUT2D eigenvalue weighted by atomic mass is 35.5. The lowest BCUT2D eigenvalue weighted by molar-refractivity contribution is 0.0386. The molecule has 3 aromatic heterocycles. The van der Waals surface area contributed by atoms with E-state index >= 15 is 0 Å². The van der Waals surface area contributed by atoms with Crippen molar-refractivity contribution in [3.63, 3.8) is 0 Å². The van der Waals surface area contributed by atoms with Gasteiger partial charge in [0.05, 0.1) is 30.0 Å². The number of thiazole rings is 1. The number of nitrogens with zero attached hydrogens (tertiary/aromatic N) is 4. The highest BCUT2D eigenvalue weighted by molar-refractivity contribution is 7.15. The Kier molecular flexibility index (Phi) is 7.49. The first-order chi connectivity index (χ1) is 18.3. The van der Waals surface area contributed by atoms with Crippen LogP contribution in [0.4, 0.5) is 15.3 Å². The highest BCUT2D eigenvalue weighted by Crippen LogP contribution is 2.34. The van der Waals surface area contributed by atoms with E-state index in [1.807, 2.05) is 30.7 Å². The summed E-state index contributed by atoms with van der Waals surface area (Å²) >= 11 is 8.08. The van der Waals surface area contributed by atoms with Crippen molar-refractivity contribution in [1.82, 2.24) is 19.4 Å². The molecule has 0 saturated heterocycles. The fourth-order valence-electron chi connectivity index (χ4n) is 4.61. The number of hydrogen-bond donors (Lipinski definition) is 2. The van der Waals surface area contributed by atoms with Crippen molar-refractivity contribution in [3.05, 3.63) is 81.0 Å². The summed E-state index contributed by atoms with van der Waals surface area (Å²) < 4.78 is 21.3. The first-order valence-corrected chi connectivity index (χ1v) is 13.2. The number of carbonyl (C=O) groups is 1. The third-order valence-electron chi connectivity index (χ3n) is 6.69. The van der Waals surface area contributed by atoms with Gasteiger partial charge in [-0.05, 0) is 49.2 Å². The Balaban J connectivity index is 1.47. The molecule has 0 radical (unpaired) electrons. The van der Waals surface area contributed by atoms with E-state index in [1.54, 1.807) is 35.6 Å². The summed E-state index contributed by atoms with van der Waals surface area (Å²) in [5.41, 5.74) is 4.09. The maximum Gasteiger partial charge on any atom is 0.271 e. The standard InChI is InChI=1S/C27H27ClFN5O3S/c1-15-16(2)38-27(31-15)32-25-8-22(23(28)9-30-25)19-7-24-26(36)34(21(14-37-3)12-33(24)10-19)11-18-6-20(29)5-4-17(18)13-35/h4-10,21,35H,11-14H2,1-3H3,(H,30,31,32)/t21-/m1/s1. The maximum atomic E-state index is 14.0. The average molecular weight is 556 g/mol. The first-order valence-electron chi connectivity index (χ1n) is 12.0. The molecule has 198 valence electrons. The van der Waals surface area contributed by atoms with Crippen molar-refractivity contribution >= 4 is 39.8 Å². The summed E-state index contributed by atoms with van der Waals surface area (Å²) in [6, 6.07) is 7.56. The van der Waals surface area contributed by atoms with Gasteiger partial charge in [-0.1, -0.05) is 17.7 Å². The summed E-state index contributed by atoms with van der Waals surface area (Å²) in [6.45, 7) is 4.67. The molecule has 0 fully saturated rings. The van der Waals surface area contributed by atoms with Crippen molar-refractivity contribution in [1.29, 1.82) is 0 Å². The van der Waals surface area contributed by atoms with E-state index in [9.17, 15) is 14.3 Å². The number of aliphatic hydroxyl groups excluding tert-OH is 1. The second kappa shape index (κ2) is 10.8. The smallest absolute Gasteiger partial charge is 0.271 e. The van der Waals surface area contributed by atoms with E-state index in [0.29, 0.717) is 40.8 Å². The quantitative estimate of drug-likeness (QED) is 0.305. The normalized spacial score (nSPS) is 15.2. The molecule has 11 heteroatoms. The van der Waals surface area contributed by atoms with Crippen LogP contribution in [-0.2, 0) is 24.4 Å². The molecule has 1 atom stereocenters. The van der Waals surface area contributed by atoms with Crippen molar-refractivity contribution in [2.75, 3.05) is 19.0 Å². The van der Waals surface area contributed by atoms with Crippen molar-refractivity contribution in [2.45, 2.75) is 39.6 Å². The number of pyridine rings is 1. The summed E-state index contributed by atoms with van der Waals surface area (Å²) in [7, 11) is 1.58. The minimum Gasteiger partial charge on any atom is -0.392 e. The number of rotatable bonds is 8. The van der Waals surface area contributed by atoms with E-state index in [-0.39, 0.29) is 25.1 Å². The Morgan fingerprint density at radius 3 is 2.79 bits per heavy atom. The fraction of sp³-hybridized carbons (Fsp3) is 0.296. The molecule has 0 spiro atoms. The number of halogens is 2. The Morgan fingerprint density at radius 2 is 2.08 bits per heavy atom. The monoisotopic (exact) mass is 555 g/mol. The molecule has 1 aliphatic rings. The fourth-order valence-corrected chi connectivity index (χ4v) is 5.64. The molecule has 5 rings (SSSR count). The maximum absolute atomic E-state index is 14.0. The number of fused-ring (bicyclic) bond motifs is 1. The molecular weight excluding hydrogens is 529 g/mol. The molecule has 0 saturated carbocycles. The average Bonchev–Trinajstić information content (AvgIpc) is 3.45. The van der Waals surface area contributed by atoms with Gasteiger partial charge >= 0.3 is 0 Å². The predicted octanol–water partition coefficient (Wildman–Crippen LogP) is 5.32. The van der Waals surface area contributed by atoms with Crippen molar-refractivity contribution in [3.8, 4) is 11.1 Å². The predicted molar refractivity (Wildman–Crippen MR) is 145 cm³/mol. The van der Waals surface area contributed by atoms with E-state index in [4.69, 9.17) is 16.3 Å². The van der Waals surface area contributed by atoms with Crippen LogP contribution in [0.2, 0.25) is 5.02 Å². The highest BCUT2D eigenvalue weighted by Gasteiger charge is 2.34. The third-order valence-corrected chi connectivity index (χ3v) is 7.98. The number of anilines is 2. The van der Waals surface area contributed by atoms with Crippen LogP contribution in [0.5, 0.6) is 0 Å². The summed E-state index contributed by atoms with van der Waals surface area (Å²) in [6.07, 6.45) is 3.47. The zero-order valence-corrected chi connectivity index (χ0v) is 22.7. The molecule has 0 unspecified atom stereocenters. The number of hydrogen-bond acceptors (Lipinski definition) is 7. The number of amides is 1. The van der Waals surface area contributed by atoms with E-state index in [0.717, 1.165) is 26.8 Å². The molecule has 1 aliphatic heterocycles. The van der Waals surface area contributed by atoms with Gasteiger partial charge in [0.1, 0.15) is 17.3 Å². The Labute approximate surface area is 228 Å². The zero-order chi connectivity index (χ0) is 27.0. The Hall–Kier alpha value is -3.31. The van der Waals surface area contributed by atoms with Crippen LogP contribution in [0.3, 0.4) is 0 Å². The number of aromatic nitrogens is 3. The molecule has 8 nitrogen and oxygen atoms in total. The molecular formula is C27H27ClFN5O3S. The van der Waals surface area contributed by atoms with Gasteiger partial charge in [-0.25, -0.2) is 14.4 Å². The molecule has 4 aromatic rings. The molecule has 1 amide bonds. The molecule has 0 aliphatic carbocycles. The molecule has 2 N–H and O–H groups in total. The number of aliphatic hydroxyl groups is 1. The molecule has 4 heterocycles. The van der Waals surface area contributed by atoms with Gasteiger partial charge in [0.25, 0.3) is 5.91 Å². The SMILES string of the molecule is COC[C@H]1Cn2cc(-c3cc(Nc4nc(C)c(C)s4)ncc3Cl)cc2C(=O)N1Cc1cc(F)ccc1CO. The van der Waals surface area contributed by atoms with Crippen LogP contribution in [0.25, 0.3) is 11.1 Å². The van der Waals surface area contributed by atoms with Crippen LogP contribution in [-0.4, -0.2) is 50.2 Å². The van der Waals surface area contributed by atoms with Crippen LogP contribution < -0.4 is 5.32 Å². The lowest BCUT2D eigenvalue weighted by Crippen LogP contribution is -2.49. The number of nitrogens with one attached hydrogen (secondary N) is 1. The largest absolute Gasteiger partial charge is 0.392 e. The van der Waals surface area contributed by atoms with Gasteiger partial charge in [-0.3, -0.25) is 4.79 Å². The van der Waals surface area contributed by atoms with Gasteiger partial charge in [-0.2, -0.15) is 0 Å². The van der Waals surface area contributed by atoms with E-state index in [2.05, 4.69) is 15.3 Å². The first kappa shape index (κ1) is 26.3. The molecule has 1 aromatic carbocycles. The number of aryl methyl sites for hydroxylation is 2. The number of benzene rings is 1. The van der Waals surface area contributed by atoms with Gasteiger partial charge in [0.15, 0.2) is 5.13 Å². The lowest BCUT2D eigenvalue weighted by atomic mass is 10.0. The van der Waals surface area contributed by atoms with Gasteiger partial charge in [-0.15, -0.1) is 11.3 Å². The lowest BCUT2D eigenvalue weighted by Gasteiger charge is -2.36. The third kappa shape index (κ3) is 5.17. The van der Waals surface area contributed by atoms with Crippen LogP contribution >= 0.6 is 22.9 Å². The minimum absolute atomic E-state index is 0.151. The van der Waals surface area contributed by atoms with Crippen LogP contribution in [0, 0.1) is 19.7 Å². The molecule has 38 heavy (non-hydrogen) atoms. The number of methoxy groups -OCH3 is 1. The Morgan fingerprint density at radius 1 is 1.26 bits per heavy atom. The van der Waals surface area contributed by atoms with E-state index in [1.165, 1.54) is 18.2 Å². The van der Waals surface area contributed by atoms with Gasteiger partial charge in [0, 0.05) is 48.6 Å². The topological polar surface area (TPSA) is 92.5 Å². The Bertz CT molecular complexity index is 1480. The van der Waals surface area contributed by atoms with Crippen molar-refractivity contribution in [2.24, 2.45) is 0 Å². The summed E-state index contributed by atoms with van der Waals surface area (Å²) in [5.74, 6) is -0.0411. The van der Waals surface area contributed by atoms with Crippen LogP contribution in [0.1, 0.15) is 32.2 Å². The summed E-state index contributed by atoms with van der Waals surface area (Å²) in [5, 5.41) is 14.2. The van der Waals surface area contributed by atoms with Crippen LogP contribution in [0.15, 0.2) is 42.7 Å². The second-order valence-corrected chi connectivity index (χ2v) is 10.8. The summed E-state index contributed by atoms with van der Waals surface area (Å²) in [4.78, 5) is 25.4. The zero-order valence-electron chi connectivity index (χ0n) is 21.2. The van der Waals surface area contributed by atoms with Gasteiger partial charge in [0.2, 0.25) is 0 Å². The van der Waals surface area contributed by atoms with Gasteiger partial charge < -0.3 is 24.6 Å². The number of carbonyl (C=O) groups excluding carboxylic acids is 1. The molecule has 0 bridgehead atoms. The minimum atomic E-state index is -0.421. The van der Waals surface area contributed by atoms with Crippen molar-refractivity contribution < 1.29 is 19.0 Å². The van der Waals surface area contributed by atoms with E-state index < -0.39 is 5.82 Å².